The van der Waals surface area contributed by atoms with Crippen molar-refractivity contribution in [1.82, 2.24) is 14.5 Å². The molecule has 2 amide bonds. The second kappa shape index (κ2) is 6.96. The molecule has 0 bridgehead atoms. The first kappa shape index (κ1) is 17.8. The molecule has 5 nitrogen and oxygen atoms in total. The summed E-state index contributed by atoms with van der Waals surface area (Å²) in [7, 11) is 0. The van der Waals surface area contributed by atoms with E-state index in [1.54, 1.807) is 0 Å². The molecule has 1 N–H and O–H groups in total. The van der Waals surface area contributed by atoms with Crippen LogP contribution in [0, 0.1) is 0 Å². The lowest BCUT2D eigenvalue weighted by atomic mass is 9.79. The molecule has 0 spiro atoms. The molecular weight excluding hydrogens is 348 g/mol. The number of aromatic nitrogens is 1. The average Bonchev–Trinajstić information content (AvgIpc) is 3.01. The molecule has 1 aromatic heterocycles. The lowest BCUT2D eigenvalue weighted by molar-refractivity contribution is 0.0995. The van der Waals surface area contributed by atoms with Crippen LogP contribution < -0.4 is 5.43 Å². The van der Waals surface area contributed by atoms with Crippen molar-refractivity contribution in [2.75, 3.05) is 25.1 Å². The molecule has 148 valence electrons. The molecule has 1 saturated carbocycles. The van der Waals surface area contributed by atoms with Gasteiger partial charge in [-0.1, -0.05) is 24.6 Å². The first-order chi connectivity index (χ1) is 13.7. The van der Waals surface area contributed by atoms with Gasteiger partial charge in [0.2, 0.25) is 0 Å². The molecule has 5 rings (SSSR count). The predicted molar refractivity (Wildman–Crippen MR) is 114 cm³/mol. The summed E-state index contributed by atoms with van der Waals surface area (Å²) >= 11 is 0. The van der Waals surface area contributed by atoms with Gasteiger partial charge in [-0.25, -0.2) is 10.2 Å². The predicted octanol–water partition coefficient (Wildman–Crippen LogP) is 4.21. The largest absolute Gasteiger partial charge is 0.336 e. The number of carbonyl (C=O) groups is 1. The molecule has 0 saturated heterocycles. The van der Waals surface area contributed by atoms with E-state index in [4.69, 9.17) is 0 Å². The van der Waals surface area contributed by atoms with Crippen LogP contribution in [0.5, 0.6) is 0 Å². The van der Waals surface area contributed by atoms with Crippen molar-refractivity contribution in [3.05, 3.63) is 41.6 Å². The van der Waals surface area contributed by atoms with E-state index in [1.807, 2.05) is 23.4 Å². The van der Waals surface area contributed by atoms with Crippen LogP contribution >= 0.6 is 0 Å². The van der Waals surface area contributed by atoms with E-state index >= 15 is 0 Å². The van der Waals surface area contributed by atoms with E-state index < -0.39 is 0 Å². The monoisotopic (exact) mass is 378 g/mol. The number of benzene rings is 1. The number of fused-ring (bicyclic) bond motifs is 2. The van der Waals surface area contributed by atoms with Crippen molar-refractivity contribution in [3.63, 3.8) is 0 Å². The van der Waals surface area contributed by atoms with Crippen molar-refractivity contribution in [2.24, 2.45) is 0 Å². The summed E-state index contributed by atoms with van der Waals surface area (Å²) in [6, 6.07) is 7.74. The maximum absolute atomic E-state index is 12.6. The molecule has 0 radical (unpaired) electrons. The smallest absolute Gasteiger partial charge is 0.324 e. The SMILES string of the molecule is CCN(CC)C(=O)Nn1cc2c3c(cccc31)C1=CCCN(C3CCC3)[C@@H]1C2. The summed E-state index contributed by atoms with van der Waals surface area (Å²) in [6.45, 7) is 6.64. The summed E-state index contributed by atoms with van der Waals surface area (Å²) in [5, 5.41) is 1.32. The number of amides is 2. The number of nitrogens with one attached hydrogen (secondary N) is 1. The Morgan fingerprint density at radius 2 is 2.07 bits per heavy atom. The van der Waals surface area contributed by atoms with Crippen LogP contribution in [0.4, 0.5) is 4.79 Å². The maximum atomic E-state index is 12.6. The van der Waals surface area contributed by atoms with Crippen LogP contribution in [0.15, 0.2) is 30.5 Å². The zero-order chi connectivity index (χ0) is 19.3. The molecule has 28 heavy (non-hydrogen) atoms. The van der Waals surface area contributed by atoms with Gasteiger partial charge in [0.05, 0.1) is 5.52 Å². The van der Waals surface area contributed by atoms with Gasteiger partial charge in [-0.15, -0.1) is 0 Å². The molecule has 3 aliphatic rings. The van der Waals surface area contributed by atoms with Crippen LogP contribution in [0.3, 0.4) is 0 Å². The number of rotatable bonds is 4. The quantitative estimate of drug-likeness (QED) is 0.866. The summed E-state index contributed by atoms with van der Waals surface area (Å²) in [4.78, 5) is 17.2. The second-order valence-corrected chi connectivity index (χ2v) is 8.30. The van der Waals surface area contributed by atoms with Gasteiger partial charge in [-0.05, 0) is 62.3 Å². The van der Waals surface area contributed by atoms with E-state index in [-0.39, 0.29) is 6.03 Å². The highest BCUT2D eigenvalue weighted by Gasteiger charge is 2.38. The Labute approximate surface area is 167 Å². The maximum Gasteiger partial charge on any atom is 0.336 e. The fourth-order valence-electron chi connectivity index (χ4n) is 5.26. The van der Waals surface area contributed by atoms with Gasteiger partial charge in [-0.2, -0.15) is 0 Å². The number of hydrogen-bond acceptors (Lipinski definition) is 2. The van der Waals surface area contributed by atoms with E-state index in [1.165, 1.54) is 47.9 Å². The van der Waals surface area contributed by atoms with Crippen LogP contribution in [0.2, 0.25) is 0 Å². The van der Waals surface area contributed by atoms with Gasteiger partial charge < -0.3 is 4.90 Å². The Morgan fingerprint density at radius 3 is 2.79 bits per heavy atom. The lowest BCUT2D eigenvalue weighted by Crippen LogP contribution is -2.50. The van der Waals surface area contributed by atoms with Gasteiger partial charge in [0.1, 0.15) is 0 Å². The zero-order valence-electron chi connectivity index (χ0n) is 16.9. The summed E-state index contributed by atoms with van der Waals surface area (Å²) in [5.74, 6) is 0. The number of nitrogens with zero attached hydrogens (tertiary/aromatic N) is 3. The minimum absolute atomic E-state index is 0.0363. The van der Waals surface area contributed by atoms with Crippen LogP contribution in [-0.2, 0) is 6.42 Å². The van der Waals surface area contributed by atoms with Crippen molar-refractivity contribution < 1.29 is 4.79 Å². The van der Waals surface area contributed by atoms with Gasteiger partial charge in [0.15, 0.2) is 0 Å². The number of urea groups is 1. The lowest BCUT2D eigenvalue weighted by Gasteiger charge is -2.46. The highest BCUT2D eigenvalue weighted by molar-refractivity contribution is 5.99. The third-order valence-electron chi connectivity index (χ3n) is 6.95. The van der Waals surface area contributed by atoms with Crippen molar-refractivity contribution in [3.8, 4) is 0 Å². The molecule has 1 fully saturated rings. The molecule has 0 unspecified atom stereocenters. The molecule has 1 aromatic carbocycles. The highest BCUT2D eigenvalue weighted by Crippen LogP contribution is 2.43. The van der Waals surface area contributed by atoms with E-state index in [2.05, 4.69) is 40.8 Å². The van der Waals surface area contributed by atoms with Crippen LogP contribution in [-0.4, -0.2) is 52.2 Å². The van der Waals surface area contributed by atoms with Crippen molar-refractivity contribution >= 4 is 22.5 Å². The topological polar surface area (TPSA) is 40.5 Å². The molecule has 1 aliphatic heterocycles. The standard InChI is InChI=1S/C23H30N4O/c1-3-25(4-2)23(28)24-27-15-16-14-21-18(19-10-6-12-20(27)22(16)19)11-7-13-26(21)17-8-5-9-17/h6,10-12,15,17,21H,3-5,7-9,13-14H2,1-2H3,(H,24,28)/t21-/m1/s1. The Morgan fingerprint density at radius 1 is 1.25 bits per heavy atom. The zero-order valence-corrected chi connectivity index (χ0v) is 16.9. The van der Waals surface area contributed by atoms with Crippen LogP contribution in [0.25, 0.3) is 16.5 Å². The van der Waals surface area contributed by atoms with Crippen LogP contribution in [0.1, 0.15) is 50.7 Å². The average molecular weight is 379 g/mol. The van der Waals surface area contributed by atoms with E-state index in [0.717, 1.165) is 24.4 Å². The Balaban J connectivity index is 1.53. The molecule has 2 aromatic rings. The molecule has 2 aliphatic carbocycles. The summed E-state index contributed by atoms with van der Waals surface area (Å²) in [6.07, 6.45) is 10.9. The van der Waals surface area contributed by atoms with Gasteiger partial charge in [0, 0.05) is 43.3 Å². The van der Waals surface area contributed by atoms with Crippen molar-refractivity contribution in [1.29, 1.82) is 0 Å². The molecule has 1 atom stereocenters. The minimum atomic E-state index is -0.0363. The molecule has 5 heteroatoms. The third-order valence-corrected chi connectivity index (χ3v) is 6.95. The summed E-state index contributed by atoms with van der Waals surface area (Å²) in [5.41, 5.74) is 8.44. The first-order valence-electron chi connectivity index (χ1n) is 10.9. The Kier molecular flexibility index (Phi) is 4.43. The fourth-order valence-corrected chi connectivity index (χ4v) is 5.26. The third kappa shape index (κ3) is 2.67. The Hall–Kier alpha value is -2.27. The highest BCUT2D eigenvalue weighted by atomic mass is 16.2. The van der Waals surface area contributed by atoms with Gasteiger partial charge >= 0.3 is 6.03 Å². The van der Waals surface area contributed by atoms with E-state index in [9.17, 15) is 4.79 Å². The summed E-state index contributed by atoms with van der Waals surface area (Å²) < 4.78 is 1.94. The first-order valence-corrected chi connectivity index (χ1v) is 10.9. The number of carbonyl (C=O) groups excluding carboxylic acids is 1. The second-order valence-electron chi connectivity index (χ2n) is 8.30. The Bertz CT molecular complexity index is 935. The van der Waals surface area contributed by atoms with Gasteiger partial charge in [-0.3, -0.25) is 9.58 Å². The normalized spacial score (nSPS) is 21.8. The van der Waals surface area contributed by atoms with E-state index in [0.29, 0.717) is 19.1 Å². The van der Waals surface area contributed by atoms with Gasteiger partial charge in [0.25, 0.3) is 0 Å². The molecular formula is C23H30N4O. The molecule has 2 heterocycles. The van der Waals surface area contributed by atoms with Crippen molar-refractivity contribution in [2.45, 2.75) is 58.0 Å². The number of hydrogen-bond donors (Lipinski definition) is 1. The fraction of sp³-hybridized carbons (Fsp3) is 0.522. The minimum Gasteiger partial charge on any atom is -0.324 e.